The Labute approximate surface area is 136 Å². The van der Waals surface area contributed by atoms with Crippen molar-refractivity contribution in [3.63, 3.8) is 0 Å². The zero-order valence-electron chi connectivity index (χ0n) is 13.8. The van der Waals surface area contributed by atoms with Crippen molar-refractivity contribution < 1.29 is 18.0 Å². The fourth-order valence-electron chi connectivity index (χ4n) is 3.58. The Morgan fingerprint density at radius 3 is 2.35 bits per heavy atom. The summed E-state index contributed by atoms with van der Waals surface area (Å²) in [5, 5.41) is 6.25. The van der Waals surface area contributed by atoms with Crippen LogP contribution < -0.4 is 10.6 Å². The number of hydrogen-bond acceptors (Lipinski definition) is 2. The van der Waals surface area contributed by atoms with Gasteiger partial charge in [-0.15, -0.1) is 0 Å². The molecule has 6 heteroatoms. The highest BCUT2D eigenvalue weighted by atomic mass is 19.4. The minimum absolute atomic E-state index is 0.0355. The standard InChI is InChI=1S/C17H27F3N2O/c1-12-4-2-3-10-21-11-9-15(23)22-16(12)13-5-7-14(8-6-13)17(18,19)20/h13-14,21H,2-11H2,1H3,(H,22,23)/b16-12+. The van der Waals surface area contributed by atoms with E-state index < -0.39 is 12.1 Å². The minimum Gasteiger partial charge on any atom is -0.330 e. The first-order chi connectivity index (χ1) is 10.9. The summed E-state index contributed by atoms with van der Waals surface area (Å²) in [6.07, 6.45) is 0.675. The number of carbonyl (C=O) groups excluding carboxylic acids is 1. The molecule has 3 nitrogen and oxygen atoms in total. The van der Waals surface area contributed by atoms with Crippen LogP contribution in [-0.2, 0) is 4.79 Å². The number of nitrogens with one attached hydrogen (secondary N) is 2. The van der Waals surface area contributed by atoms with Crippen LogP contribution >= 0.6 is 0 Å². The van der Waals surface area contributed by atoms with Crippen LogP contribution in [0, 0.1) is 11.8 Å². The van der Waals surface area contributed by atoms with Crippen LogP contribution in [0.2, 0.25) is 0 Å². The summed E-state index contributed by atoms with van der Waals surface area (Å²) >= 11 is 0. The van der Waals surface area contributed by atoms with Gasteiger partial charge in [0, 0.05) is 18.7 Å². The van der Waals surface area contributed by atoms with Gasteiger partial charge in [0.1, 0.15) is 0 Å². The summed E-state index contributed by atoms with van der Waals surface area (Å²) in [4.78, 5) is 12.1. The SMILES string of the molecule is C/C1=C(/C2CCC(C(F)(F)F)CC2)NC(=O)CCNCCCC1. The van der Waals surface area contributed by atoms with E-state index in [1.54, 1.807) is 0 Å². The topological polar surface area (TPSA) is 41.1 Å². The normalized spacial score (nSPS) is 32.1. The van der Waals surface area contributed by atoms with Gasteiger partial charge in [0.25, 0.3) is 0 Å². The van der Waals surface area contributed by atoms with E-state index in [2.05, 4.69) is 10.6 Å². The van der Waals surface area contributed by atoms with Gasteiger partial charge in [-0.25, -0.2) is 0 Å². The zero-order valence-corrected chi connectivity index (χ0v) is 13.8. The monoisotopic (exact) mass is 332 g/mol. The van der Waals surface area contributed by atoms with E-state index in [0.29, 0.717) is 25.8 Å². The molecule has 0 saturated heterocycles. The second-order valence-corrected chi connectivity index (χ2v) is 6.79. The number of carbonyl (C=O) groups is 1. The molecule has 2 N–H and O–H groups in total. The second kappa shape index (κ2) is 8.18. The Kier molecular flexibility index (Phi) is 6.50. The van der Waals surface area contributed by atoms with Crippen molar-refractivity contribution in [3.05, 3.63) is 11.3 Å². The summed E-state index contributed by atoms with van der Waals surface area (Å²) in [6, 6.07) is 0. The smallest absolute Gasteiger partial charge is 0.330 e. The molecule has 23 heavy (non-hydrogen) atoms. The van der Waals surface area contributed by atoms with Crippen molar-refractivity contribution in [2.75, 3.05) is 13.1 Å². The Bertz CT molecular complexity index is 438. The van der Waals surface area contributed by atoms with Gasteiger partial charge in [0.2, 0.25) is 5.91 Å². The van der Waals surface area contributed by atoms with Gasteiger partial charge in [-0.2, -0.15) is 13.2 Å². The van der Waals surface area contributed by atoms with Gasteiger partial charge < -0.3 is 10.6 Å². The third-order valence-electron chi connectivity index (χ3n) is 5.02. The van der Waals surface area contributed by atoms with Crippen LogP contribution in [0.1, 0.15) is 58.3 Å². The quantitative estimate of drug-likeness (QED) is 0.764. The fraction of sp³-hybridized carbons (Fsp3) is 0.824. The van der Waals surface area contributed by atoms with Gasteiger partial charge in [-0.3, -0.25) is 4.79 Å². The predicted molar refractivity (Wildman–Crippen MR) is 83.7 cm³/mol. The molecule has 2 rings (SSSR count). The molecule has 2 aliphatic rings. The van der Waals surface area contributed by atoms with Gasteiger partial charge in [0.15, 0.2) is 0 Å². The third kappa shape index (κ3) is 5.52. The largest absolute Gasteiger partial charge is 0.391 e. The Hall–Kier alpha value is -1.04. The van der Waals surface area contributed by atoms with E-state index in [1.807, 2.05) is 6.92 Å². The molecule has 0 radical (unpaired) electrons. The van der Waals surface area contributed by atoms with Crippen LogP contribution in [0.5, 0.6) is 0 Å². The molecule has 1 fully saturated rings. The molecule has 0 bridgehead atoms. The molecule has 0 aromatic rings. The molecule has 0 unspecified atom stereocenters. The van der Waals surface area contributed by atoms with E-state index in [9.17, 15) is 18.0 Å². The van der Waals surface area contributed by atoms with Crippen molar-refractivity contribution in [3.8, 4) is 0 Å². The first kappa shape index (κ1) is 18.3. The lowest BCUT2D eigenvalue weighted by Crippen LogP contribution is -2.34. The maximum Gasteiger partial charge on any atom is 0.391 e. The van der Waals surface area contributed by atoms with E-state index in [4.69, 9.17) is 0 Å². The average Bonchev–Trinajstić information content (AvgIpc) is 2.53. The zero-order chi connectivity index (χ0) is 16.9. The van der Waals surface area contributed by atoms with Gasteiger partial charge in [-0.05, 0) is 64.3 Å². The number of allylic oxidation sites excluding steroid dienone is 2. The van der Waals surface area contributed by atoms with E-state index in [0.717, 1.165) is 37.1 Å². The molecule has 1 aliphatic carbocycles. The first-order valence-electron chi connectivity index (χ1n) is 8.65. The predicted octanol–water partition coefficient (Wildman–Crippen LogP) is 3.91. The third-order valence-corrected chi connectivity index (χ3v) is 5.02. The molecular weight excluding hydrogens is 305 g/mol. The van der Waals surface area contributed by atoms with Crippen LogP contribution in [0.15, 0.2) is 11.3 Å². The summed E-state index contributed by atoms with van der Waals surface area (Å²) in [7, 11) is 0. The average molecular weight is 332 g/mol. The minimum atomic E-state index is -4.09. The molecule has 0 aromatic heterocycles. The highest BCUT2D eigenvalue weighted by Gasteiger charge is 2.42. The van der Waals surface area contributed by atoms with Crippen molar-refractivity contribution in [2.45, 2.75) is 64.5 Å². The lowest BCUT2D eigenvalue weighted by molar-refractivity contribution is -0.183. The maximum absolute atomic E-state index is 12.8. The van der Waals surface area contributed by atoms with Gasteiger partial charge in [0.05, 0.1) is 5.92 Å². The summed E-state index contributed by atoms with van der Waals surface area (Å²) < 4.78 is 38.5. The van der Waals surface area contributed by atoms with Gasteiger partial charge >= 0.3 is 6.18 Å². The fourth-order valence-corrected chi connectivity index (χ4v) is 3.58. The Morgan fingerprint density at radius 2 is 1.70 bits per heavy atom. The van der Waals surface area contributed by atoms with Crippen molar-refractivity contribution in [1.29, 1.82) is 0 Å². The van der Waals surface area contributed by atoms with Crippen LogP contribution in [0.25, 0.3) is 0 Å². The molecule has 0 spiro atoms. The van der Waals surface area contributed by atoms with E-state index in [-0.39, 0.29) is 24.7 Å². The lowest BCUT2D eigenvalue weighted by atomic mass is 9.79. The molecule has 1 heterocycles. The molecule has 1 aliphatic heterocycles. The number of rotatable bonds is 1. The lowest BCUT2D eigenvalue weighted by Gasteiger charge is -2.32. The van der Waals surface area contributed by atoms with Crippen LogP contribution in [-0.4, -0.2) is 25.2 Å². The van der Waals surface area contributed by atoms with E-state index >= 15 is 0 Å². The van der Waals surface area contributed by atoms with Crippen LogP contribution in [0.4, 0.5) is 13.2 Å². The summed E-state index contributed by atoms with van der Waals surface area (Å²) in [5.74, 6) is -1.15. The Morgan fingerprint density at radius 1 is 1.00 bits per heavy atom. The van der Waals surface area contributed by atoms with Crippen molar-refractivity contribution in [2.24, 2.45) is 11.8 Å². The number of hydrogen-bond donors (Lipinski definition) is 2. The summed E-state index contributed by atoms with van der Waals surface area (Å²) in [5.41, 5.74) is 2.04. The Balaban J connectivity index is 2.05. The van der Waals surface area contributed by atoms with Crippen molar-refractivity contribution in [1.82, 2.24) is 10.6 Å². The molecule has 0 aromatic carbocycles. The van der Waals surface area contributed by atoms with Crippen molar-refractivity contribution >= 4 is 5.91 Å². The number of amides is 1. The second-order valence-electron chi connectivity index (χ2n) is 6.79. The van der Waals surface area contributed by atoms with Gasteiger partial charge in [-0.1, -0.05) is 5.57 Å². The molecule has 0 atom stereocenters. The summed E-state index contributed by atoms with van der Waals surface area (Å²) in [6.45, 7) is 3.57. The molecular formula is C17H27F3N2O. The molecule has 132 valence electrons. The highest BCUT2D eigenvalue weighted by Crippen LogP contribution is 2.41. The number of alkyl halides is 3. The molecule has 1 amide bonds. The number of halogens is 3. The maximum atomic E-state index is 12.8. The van der Waals surface area contributed by atoms with E-state index in [1.165, 1.54) is 0 Å². The molecule has 1 saturated carbocycles. The first-order valence-corrected chi connectivity index (χ1v) is 8.65. The van der Waals surface area contributed by atoms with Crippen LogP contribution in [0.3, 0.4) is 0 Å². The highest BCUT2D eigenvalue weighted by molar-refractivity contribution is 5.78.